The van der Waals surface area contributed by atoms with E-state index in [1.54, 1.807) is 10.9 Å². The molecule has 0 spiro atoms. The van der Waals surface area contributed by atoms with E-state index in [0.29, 0.717) is 77.0 Å². The predicted molar refractivity (Wildman–Crippen MR) is 150 cm³/mol. The molecule has 1 fully saturated rings. The molecular weight excluding hydrogens is 725 g/mol. The van der Waals surface area contributed by atoms with Crippen molar-refractivity contribution in [1.82, 2.24) is 44.6 Å². The van der Waals surface area contributed by atoms with Crippen LogP contribution in [0.25, 0.3) is 11.4 Å². The number of hydrogen-bond acceptors (Lipinski definition) is 10. The first-order chi connectivity index (χ1) is 19.8. The van der Waals surface area contributed by atoms with E-state index in [2.05, 4.69) is 20.1 Å². The van der Waals surface area contributed by atoms with Gasteiger partial charge in [0.2, 0.25) is 0 Å². The number of aliphatic carboxylic acids is 2. The summed E-state index contributed by atoms with van der Waals surface area (Å²) in [5.74, 6) is -1.74. The van der Waals surface area contributed by atoms with Gasteiger partial charge in [-0.1, -0.05) is 22.9 Å². The van der Waals surface area contributed by atoms with E-state index in [0.717, 1.165) is 28.5 Å². The number of rotatable bonds is 4. The standard InChI is InChI=1S/C27H34ClN9O4.Lu/c28-20-12-22-16-34-6-10-35(18-26(38)39)8-4-33(5-9-36(11-7-34)19-27(40)41)15-21-2-1-3-24(31-21)25-14-29-32-37(25)17-23(13-20)30-22;/h1-3,12-14H,4-11,15-19H2,(H,38,39)(H,40,41);. The molecule has 0 aliphatic carbocycles. The zero-order valence-corrected chi connectivity index (χ0v) is 25.4. The third kappa shape index (κ3) is 9.37. The summed E-state index contributed by atoms with van der Waals surface area (Å²) < 4.78 is 1.77. The molecule has 0 unspecified atom stereocenters. The predicted octanol–water partition coefficient (Wildman–Crippen LogP) is 0.841. The minimum Gasteiger partial charge on any atom is -0.480 e. The van der Waals surface area contributed by atoms with Crippen LogP contribution in [0.2, 0.25) is 5.02 Å². The molecule has 3 aromatic rings. The molecule has 13 nitrogen and oxygen atoms in total. The van der Waals surface area contributed by atoms with Crippen molar-refractivity contribution in [2.75, 3.05) is 65.4 Å². The van der Waals surface area contributed by atoms with Crippen LogP contribution in [0.1, 0.15) is 17.1 Å². The van der Waals surface area contributed by atoms with Gasteiger partial charge in [-0.2, -0.15) is 0 Å². The van der Waals surface area contributed by atoms with Gasteiger partial charge in [0, 0.05) is 107 Å². The van der Waals surface area contributed by atoms with Gasteiger partial charge in [-0.3, -0.25) is 34.2 Å². The van der Waals surface area contributed by atoms with Crippen molar-refractivity contribution in [1.29, 1.82) is 0 Å². The Hall–Kier alpha value is -2.26. The Kier molecular flexibility index (Phi) is 12.0. The monoisotopic (exact) mass is 758 g/mol. The van der Waals surface area contributed by atoms with Gasteiger partial charge in [-0.05, 0) is 24.3 Å². The van der Waals surface area contributed by atoms with Crippen LogP contribution in [-0.2, 0) is 29.2 Å². The first-order valence-electron chi connectivity index (χ1n) is 13.6. The summed E-state index contributed by atoms with van der Waals surface area (Å²) in [5, 5.41) is 28.1. The normalized spacial score (nSPS) is 20.6. The molecule has 0 amide bonds. The number of fused-ring (bicyclic) bond motifs is 8. The van der Waals surface area contributed by atoms with Crippen molar-refractivity contribution < 1.29 is 56.7 Å². The van der Waals surface area contributed by atoms with Crippen LogP contribution in [0.15, 0.2) is 36.5 Å². The Morgan fingerprint density at radius 2 is 1.31 bits per heavy atom. The molecule has 42 heavy (non-hydrogen) atoms. The van der Waals surface area contributed by atoms with E-state index in [4.69, 9.17) is 21.6 Å². The molecule has 3 aliphatic heterocycles. The van der Waals surface area contributed by atoms with Crippen molar-refractivity contribution in [3.63, 3.8) is 0 Å². The molecule has 3 aromatic heterocycles. The maximum atomic E-state index is 11.7. The minimum atomic E-state index is -0.870. The van der Waals surface area contributed by atoms with Crippen molar-refractivity contribution in [3.05, 3.63) is 58.6 Å². The fraction of sp³-hybridized carbons (Fsp3) is 0.481. The number of nitrogens with zero attached hydrogens (tertiary/aromatic N) is 9. The zero-order valence-electron chi connectivity index (χ0n) is 23.0. The summed E-state index contributed by atoms with van der Waals surface area (Å²) in [6.45, 7) is 5.85. The number of carboxylic acid groups (broad SMARTS) is 2. The summed E-state index contributed by atoms with van der Waals surface area (Å²) in [5.41, 5.74) is 3.81. The number of carbonyl (C=O) groups is 2. The topological polar surface area (TPSA) is 144 Å². The van der Waals surface area contributed by atoms with Crippen LogP contribution in [0, 0.1) is 36.9 Å². The van der Waals surface area contributed by atoms with Crippen molar-refractivity contribution >= 4 is 23.5 Å². The van der Waals surface area contributed by atoms with Gasteiger partial charge < -0.3 is 10.2 Å². The van der Waals surface area contributed by atoms with Crippen LogP contribution < -0.4 is 0 Å². The molecule has 15 heteroatoms. The summed E-state index contributed by atoms with van der Waals surface area (Å²) in [7, 11) is 0. The average molecular weight is 759 g/mol. The summed E-state index contributed by atoms with van der Waals surface area (Å²) >= 11 is 6.53. The smallest absolute Gasteiger partial charge is 0.317 e. The molecule has 0 aromatic carbocycles. The number of hydrogen-bond donors (Lipinski definition) is 2. The molecule has 0 atom stereocenters. The summed E-state index contributed by atoms with van der Waals surface area (Å²) in [6, 6.07) is 9.45. The summed E-state index contributed by atoms with van der Waals surface area (Å²) in [4.78, 5) is 41.4. The van der Waals surface area contributed by atoms with Crippen molar-refractivity contribution in [2.45, 2.75) is 19.6 Å². The molecule has 6 rings (SSSR count). The number of pyridine rings is 2. The minimum absolute atomic E-state index is 0. The molecule has 6 heterocycles. The van der Waals surface area contributed by atoms with Gasteiger partial charge in [-0.15, -0.1) is 5.10 Å². The van der Waals surface area contributed by atoms with Crippen LogP contribution in [0.4, 0.5) is 0 Å². The Balaban J connectivity index is 0.00000405. The second-order valence-electron chi connectivity index (χ2n) is 10.5. The van der Waals surface area contributed by atoms with Crippen LogP contribution in [0.5, 0.6) is 0 Å². The number of carboxylic acids is 2. The maximum Gasteiger partial charge on any atom is 0.317 e. The molecule has 1 radical (unpaired) electrons. The second kappa shape index (κ2) is 15.5. The first kappa shape index (κ1) is 32.7. The number of aromatic nitrogens is 5. The van der Waals surface area contributed by atoms with Crippen LogP contribution in [-0.4, -0.2) is 132 Å². The van der Waals surface area contributed by atoms with Crippen molar-refractivity contribution in [3.8, 4) is 11.4 Å². The molecule has 2 N–H and O–H groups in total. The van der Waals surface area contributed by atoms with Crippen LogP contribution in [0.3, 0.4) is 0 Å². The fourth-order valence-electron chi connectivity index (χ4n) is 5.26. The third-order valence-corrected chi connectivity index (χ3v) is 7.53. The van der Waals surface area contributed by atoms with Gasteiger partial charge in [0.1, 0.15) is 5.69 Å². The quantitative estimate of drug-likeness (QED) is 0.390. The molecule has 1 saturated heterocycles. The molecule has 6 bridgehead atoms. The van der Waals surface area contributed by atoms with Gasteiger partial charge in [-0.25, -0.2) is 9.67 Å². The fourth-order valence-corrected chi connectivity index (χ4v) is 5.51. The van der Waals surface area contributed by atoms with Gasteiger partial charge >= 0.3 is 11.9 Å². The number of halogens is 1. The SMILES string of the molecule is O=C(O)CN1CCN2CCN(CC(=O)O)CCN(CC1)Cc1cccc(n1)-c1cnnn1Cc1cc(Cl)cc(n1)C2.[Lu]. The second-order valence-corrected chi connectivity index (χ2v) is 10.9. The molecule has 3 aliphatic rings. The Morgan fingerprint density at radius 3 is 1.88 bits per heavy atom. The van der Waals surface area contributed by atoms with E-state index in [9.17, 15) is 19.8 Å². The van der Waals surface area contributed by atoms with E-state index in [-0.39, 0.29) is 50.0 Å². The third-order valence-electron chi connectivity index (χ3n) is 7.31. The average Bonchev–Trinajstić information content (AvgIpc) is 3.37. The molecular formula is C27H34ClLuN9O4. The Morgan fingerprint density at radius 1 is 0.762 bits per heavy atom. The summed E-state index contributed by atoms with van der Waals surface area (Å²) in [6.07, 6.45) is 1.68. The van der Waals surface area contributed by atoms with E-state index in [1.807, 2.05) is 40.1 Å². The largest absolute Gasteiger partial charge is 0.480 e. The first-order valence-corrected chi connectivity index (χ1v) is 14.0. The molecule has 0 saturated carbocycles. The zero-order chi connectivity index (χ0) is 28.8. The Labute approximate surface area is 278 Å². The van der Waals surface area contributed by atoms with Gasteiger partial charge in [0.15, 0.2) is 0 Å². The van der Waals surface area contributed by atoms with Crippen molar-refractivity contribution in [2.24, 2.45) is 0 Å². The Bertz CT molecular complexity index is 1340. The van der Waals surface area contributed by atoms with Crippen LogP contribution >= 0.6 is 11.6 Å². The van der Waals surface area contributed by atoms with E-state index >= 15 is 0 Å². The van der Waals surface area contributed by atoms with Gasteiger partial charge in [0.25, 0.3) is 0 Å². The van der Waals surface area contributed by atoms with E-state index < -0.39 is 11.9 Å². The molecule has 233 valence electrons. The van der Waals surface area contributed by atoms with E-state index in [1.165, 1.54) is 0 Å². The maximum absolute atomic E-state index is 11.7. The van der Waals surface area contributed by atoms with Gasteiger partial charge in [0.05, 0.1) is 48.6 Å².